The lowest BCUT2D eigenvalue weighted by molar-refractivity contribution is 0.367. The van der Waals surface area contributed by atoms with E-state index in [4.69, 9.17) is 4.74 Å². The molecule has 0 saturated carbocycles. The van der Waals surface area contributed by atoms with Gasteiger partial charge < -0.3 is 4.74 Å². The van der Waals surface area contributed by atoms with Crippen molar-refractivity contribution in [2.75, 3.05) is 12.4 Å². The molecular weight excluding hydrogens is 336 g/mol. The molecule has 0 bridgehead atoms. The summed E-state index contributed by atoms with van der Waals surface area (Å²) >= 11 is 3.43. The van der Waals surface area contributed by atoms with Crippen molar-refractivity contribution in [1.29, 1.82) is 0 Å². The SMILES string of the molecule is Cc1ccccc1OCC1=CCSc2sc3ccccc3c(=O)c21. The van der Waals surface area contributed by atoms with Gasteiger partial charge >= 0.3 is 0 Å². The first kappa shape index (κ1) is 15.5. The second-order valence-corrected chi connectivity index (χ2v) is 8.03. The molecule has 1 aromatic heterocycles. The number of hydrogen-bond donors (Lipinski definition) is 0. The summed E-state index contributed by atoms with van der Waals surface area (Å²) in [5.41, 5.74) is 3.04. The molecular formula is C20H16O2S2. The zero-order valence-corrected chi connectivity index (χ0v) is 14.9. The van der Waals surface area contributed by atoms with Gasteiger partial charge in [0.25, 0.3) is 0 Å². The van der Waals surface area contributed by atoms with E-state index in [9.17, 15) is 4.79 Å². The quantitative estimate of drug-likeness (QED) is 0.653. The van der Waals surface area contributed by atoms with Gasteiger partial charge in [-0.15, -0.1) is 23.1 Å². The van der Waals surface area contributed by atoms with Crippen LogP contribution in [-0.2, 0) is 0 Å². The third-order valence-electron chi connectivity index (χ3n) is 4.11. The number of thioether (sulfide) groups is 1. The number of benzene rings is 2. The van der Waals surface area contributed by atoms with Crippen LogP contribution < -0.4 is 10.2 Å². The predicted molar refractivity (Wildman–Crippen MR) is 103 cm³/mol. The van der Waals surface area contributed by atoms with Gasteiger partial charge in [0.15, 0.2) is 5.43 Å². The number of fused-ring (bicyclic) bond motifs is 2. The first-order valence-electron chi connectivity index (χ1n) is 7.80. The normalized spacial score (nSPS) is 13.5. The van der Waals surface area contributed by atoms with Gasteiger partial charge in [-0.25, -0.2) is 0 Å². The van der Waals surface area contributed by atoms with Crippen LogP contribution in [0, 0.1) is 6.92 Å². The zero-order valence-electron chi connectivity index (χ0n) is 13.2. The molecule has 0 aliphatic carbocycles. The topological polar surface area (TPSA) is 26.3 Å². The van der Waals surface area contributed by atoms with Crippen LogP contribution in [0.3, 0.4) is 0 Å². The summed E-state index contributed by atoms with van der Waals surface area (Å²) in [7, 11) is 0. The molecule has 0 radical (unpaired) electrons. The highest BCUT2D eigenvalue weighted by molar-refractivity contribution is 8.01. The Balaban J connectivity index is 1.72. The largest absolute Gasteiger partial charge is 0.489 e. The summed E-state index contributed by atoms with van der Waals surface area (Å²) in [6.45, 7) is 2.46. The van der Waals surface area contributed by atoms with E-state index in [2.05, 4.69) is 6.08 Å². The summed E-state index contributed by atoms with van der Waals surface area (Å²) in [5, 5.41) is 0.797. The fourth-order valence-electron chi connectivity index (χ4n) is 2.83. The zero-order chi connectivity index (χ0) is 16.5. The average molecular weight is 352 g/mol. The molecule has 0 atom stereocenters. The highest BCUT2D eigenvalue weighted by Gasteiger charge is 2.20. The fraction of sp³-hybridized carbons (Fsp3) is 0.150. The van der Waals surface area contributed by atoms with Gasteiger partial charge in [0.1, 0.15) is 12.4 Å². The van der Waals surface area contributed by atoms with E-state index in [-0.39, 0.29) is 5.43 Å². The molecule has 1 aliphatic heterocycles. The molecule has 0 N–H and O–H groups in total. The Hall–Kier alpha value is -2.04. The molecule has 4 rings (SSSR count). The Morgan fingerprint density at radius 1 is 1.08 bits per heavy atom. The van der Waals surface area contributed by atoms with Gasteiger partial charge in [-0.1, -0.05) is 36.4 Å². The minimum atomic E-state index is 0.117. The van der Waals surface area contributed by atoms with Crippen molar-refractivity contribution in [3.63, 3.8) is 0 Å². The van der Waals surface area contributed by atoms with E-state index in [1.54, 1.807) is 23.1 Å². The van der Waals surface area contributed by atoms with Crippen molar-refractivity contribution in [3.05, 3.63) is 76.0 Å². The maximum Gasteiger partial charge on any atom is 0.196 e. The van der Waals surface area contributed by atoms with E-state index < -0.39 is 0 Å². The van der Waals surface area contributed by atoms with Crippen LogP contribution in [0.5, 0.6) is 5.75 Å². The number of para-hydroxylation sites is 1. The first-order valence-corrected chi connectivity index (χ1v) is 9.61. The smallest absolute Gasteiger partial charge is 0.196 e. The maximum absolute atomic E-state index is 13.0. The van der Waals surface area contributed by atoms with Crippen molar-refractivity contribution in [1.82, 2.24) is 0 Å². The third kappa shape index (κ3) is 2.76. The van der Waals surface area contributed by atoms with E-state index in [0.29, 0.717) is 6.61 Å². The minimum Gasteiger partial charge on any atom is -0.489 e. The fourth-order valence-corrected chi connectivity index (χ4v) is 5.28. The Morgan fingerprint density at radius 2 is 1.88 bits per heavy atom. The van der Waals surface area contributed by atoms with Crippen molar-refractivity contribution in [2.45, 2.75) is 11.1 Å². The Morgan fingerprint density at radius 3 is 2.75 bits per heavy atom. The van der Waals surface area contributed by atoms with Crippen molar-refractivity contribution in [3.8, 4) is 5.75 Å². The maximum atomic E-state index is 13.0. The molecule has 0 fully saturated rings. The van der Waals surface area contributed by atoms with Gasteiger partial charge in [-0.05, 0) is 36.3 Å². The number of hydrogen-bond acceptors (Lipinski definition) is 4. The van der Waals surface area contributed by atoms with Crippen LogP contribution >= 0.6 is 23.1 Å². The van der Waals surface area contributed by atoms with Gasteiger partial charge in [-0.2, -0.15) is 0 Å². The molecule has 2 heterocycles. The van der Waals surface area contributed by atoms with E-state index in [1.807, 2.05) is 55.5 Å². The monoisotopic (exact) mass is 352 g/mol. The molecule has 0 saturated heterocycles. The van der Waals surface area contributed by atoms with E-state index >= 15 is 0 Å². The van der Waals surface area contributed by atoms with Crippen molar-refractivity contribution >= 4 is 38.8 Å². The summed E-state index contributed by atoms with van der Waals surface area (Å²) in [6.07, 6.45) is 2.12. The van der Waals surface area contributed by atoms with Gasteiger partial charge in [-0.3, -0.25) is 4.79 Å². The second kappa shape index (κ2) is 6.46. The van der Waals surface area contributed by atoms with Gasteiger partial charge in [0.05, 0.1) is 9.77 Å². The van der Waals surface area contributed by atoms with E-state index in [1.165, 1.54) is 0 Å². The van der Waals surface area contributed by atoms with Crippen LogP contribution in [0.15, 0.2) is 63.6 Å². The third-order valence-corrected chi connectivity index (χ3v) is 6.48. The van der Waals surface area contributed by atoms with Crippen LogP contribution in [0.2, 0.25) is 0 Å². The van der Waals surface area contributed by atoms with Crippen molar-refractivity contribution in [2.24, 2.45) is 0 Å². The van der Waals surface area contributed by atoms with Gasteiger partial charge in [0, 0.05) is 15.8 Å². The summed E-state index contributed by atoms with van der Waals surface area (Å²) in [4.78, 5) is 13.0. The van der Waals surface area contributed by atoms with Gasteiger partial charge in [0.2, 0.25) is 0 Å². The standard InChI is InChI=1S/C20H16O2S2/c1-13-6-2-4-8-16(13)22-12-14-10-11-23-20-18(14)19(21)15-7-3-5-9-17(15)24-20/h2-10H,11-12H2,1H3. The lowest BCUT2D eigenvalue weighted by Gasteiger charge is -2.18. The molecule has 2 nitrogen and oxygen atoms in total. The number of ether oxygens (including phenoxy) is 1. The predicted octanol–water partition coefficient (Wildman–Crippen LogP) is 5.14. The van der Waals surface area contributed by atoms with Crippen LogP contribution in [-0.4, -0.2) is 12.4 Å². The first-order chi connectivity index (χ1) is 11.7. The summed E-state index contributed by atoms with van der Waals surface area (Å²) in [5.74, 6) is 1.75. The van der Waals surface area contributed by atoms with Crippen LogP contribution in [0.1, 0.15) is 11.1 Å². The highest BCUT2D eigenvalue weighted by atomic mass is 32.2. The number of aryl methyl sites for hydroxylation is 1. The Kier molecular flexibility index (Phi) is 4.17. The molecule has 24 heavy (non-hydrogen) atoms. The minimum absolute atomic E-state index is 0.117. The molecule has 0 unspecified atom stereocenters. The Labute approximate surface area is 148 Å². The second-order valence-electron chi connectivity index (χ2n) is 5.68. The van der Waals surface area contributed by atoms with Crippen LogP contribution in [0.25, 0.3) is 15.7 Å². The molecule has 1 aliphatic rings. The molecule has 120 valence electrons. The molecule has 3 aromatic rings. The molecule has 0 spiro atoms. The van der Waals surface area contributed by atoms with Crippen molar-refractivity contribution < 1.29 is 4.74 Å². The highest BCUT2D eigenvalue weighted by Crippen LogP contribution is 2.37. The average Bonchev–Trinajstić information content (AvgIpc) is 2.61. The molecule has 4 heteroatoms. The summed E-state index contributed by atoms with van der Waals surface area (Å²) in [6, 6.07) is 15.8. The van der Waals surface area contributed by atoms with Crippen LogP contribution in [0.4, 0.5) is 0 Å². The lowest BCUT2D eigenvalue weighted by Crippen LogP contribution is -2.15. The molecule has 2 aromatic carbocycles. The number of rotatable bonds is 3. The molecule has 0 amide bonds. The Bertz CT molecular complexity index is 1000. The summed E-state index contributed by atoms with van der Waals surface area (Å²) < 4.78 is 8.14. The lowest BCUT2D eigenvalue weighted by atomic mass is 10.1. The van der Waals surface area contributed by atoms with E-state index in [0.717, 1.165) is 42.5 Å².